The van der Waals surface area contributed by atoms with Crippen molar-refractivity contribution in [2.24, 2.45) is 0 Å². The zero-order chi connectivity index (χ0) is 26.0. The minimum Gasteiger partial charge on any atom is -0.497 e. The summed E-state index contributed by atoms with van der Waals surface area (Å²) in [6, 6.07) is 15.8. The summed E-state index contributed by atoms with van der Waals surface area (Å²) in [5, 5.41) is 13.1. The fourth-order valence-corrected chi connectivity index (χ4v) is 5.26. The number of methoxy groups -OCH3 is 1. The van der Waals surface area contributed by atoms with Crippen molar-refractivity contribution < 1.29 is 19.4 Å². The number of anilines is 3. The average Bonchev–Trinajstić information content (AvgIpc) is 3.19. The predicted molar refractivity (Wildman–Crippen MR) is 143 cm³/mol. The monoisotopic (exact) mass is 502 g/mol. The summed E-state index contributed by atoms with van der Waals surface area (Å²) < 4.78 is 11.4. The third-order valence-corrected chi connectivity index (χ3v) is 7.19. The molecule has 2 aromatic carbocycles. The van der Waals surface area contributed by atoms with Crippen LogP contribution in [0, 0.1) is 0 Å². The highest BCUT2D eigenvalue weighted by Crippen LogP contribution is 2.46. The van der Waals surface area contributed by atoms with E-state index >= 15 is 0 Å². The van der Waals surface area contributed by atoms with Gasteiger partial charge >= 0.3 is 5.97 Å². The summed E-state index contributed by atoms with van der Waals surface area (Å²) in [4.78, 5) is 22.9. The van der Waals surface area contributed by atoms with Gasteiger partial charge < -0.3 is 24.8 Å². The maximum absolute atomic E-state index is 11.9. The lowest BCUT2D eigenvalue weighted by atomic mass is 9.88. The van der Waals surface area contributed by atoms with Crippen molar-refractivity contribution >= 4 is 23.3 Å². The van der Waals surface area contributed by atoms with Crippen LogP contribution in [0.15, 0.2) is 48.5 Å². The predicted octanol–water partition coefficient (Wildman–Crippen LogP) is 5.94. The number of hydrogen-bond donors (Lipinski definition) is 2. The van der Waals surface area contributed by atoms with Gasteiger partial charge in [0, 0.05) is 29.8 Å². The van der Waals surface area contributed by atoms with E-state index in [9.17, 15) is 9.90 Å². The Bertz CT molecular complexity index is 1250. The van der Waals surface area contributed by atoms with Gasteiger partial charge in [-0.1, -0.05) is 32.4 Å². The first-order chi connectivity index (χ1) is 17.8. The summed E-state index contributed by atoms with van der Waals surface area (Å²) in [7, 11) is 1.63. The number of nitrogens with zero attached hydrogens (tertiary/aromatic N) is 3. The van der Waals surface area contributed by atoms with Gasteiger partial charge in [0.15, 0.2) is 0 Å². The smallest absolute Gasteiger partial charge is 0.374 e. The quantitative estimate of drug-likeness (QED) is 0.391. The molecule has 0 unspecified atom stereocenters. The number of carbonyl (C=O) groups is 1. The first-order valence-corrected chi connectivity index (χ1v) is 12.9. The van der Waals surface area contributed by atoms with E-state index in [0.29, 0.717) is 24.7 Å². The first kappa shape index (κ1) is 24.9. The van der Waals surface area contributed by atoms with Gasteiger partial charge in [-0.05, 0) is 67.6 Å². The van der Waals surface area contributed by atoms with Crippen LogP contribution in [0.25, 0.3) is 0 Å². The number of rotatable bonds is 8. The Balaban J connectivity index is 1.43. The molecule has 5 rings (SSSR count). The Morgan fingerprint density at radius 3 is 2.35 bits per heavy atom. The number of aromatic nitrogens is 2. The van der Waals surface area contributed by atoms with Crippen molar-refractivity contribution in [2.45, 2.75) is 64.0 Å². The molecular weight excluding hydrogens is 468 g/mol. The molecule has 1 aliphatic carbocycles. The molecule has 0 atom stereocenters. The molecule has 0 bridgehead atoms. The van der Waals surface area contributed by atoms with Crippen molar-refractivity contribution in [1.82, 2.24) is 9.97 Å². The van der Waals surface area contributed by atoms with Crippen LogP contribution in [-0.2, 0) is 12.0 Å². The number of carboxylic acids is 1. The van der Waals surface area contributed by atoms with Gasteiger partial charge in [0.2, 0.25) is 5.82 Å². The normalized spacial score (nSPS) is 16.8. The highest BCUT2D eigenvalue weighted by Gasteiger charge is 2.41. The topological polar surface area (TPSA) is 96.8 Å². The SMILES string of the molecule is COc1ccc(CNc2nc(C(=O)O)nc3c2C(C)(C)CN3c2ccc(OC3CCCCC3)cc2)cc1. The Hall–Kier alpha value is -3.81. The second kappa shape index (κ2) is 10.3. The average molecular weight is 503 g/mol. The molecule has 2 heterocycles. The van der Waals surface area contributed by atoms with Gasteiger partial charge in [-0.3, -0.25) is 0 Å². The van der Waals surface area contributed by atoms with Crippen molar-refractivity contribution in [3.05, 3.63) is 65.5 Å². The van der Waals surface area contributed by atoms with E-state index in [2.05, 4.69) is 34.0 Å². The number of ether oxygens (including phenoxy) is 2. The molecule has 8 nitrogen and oxygen atoms in total. The number of fused-ring (bicyclic) bond motifs is 1. The van der Waals surface area contributed by atoms with E-state index < -0.39 is 5.97 Å². The number of carboxylic acid groups (broad SMARTS) is 1. The van der Waals surface area contributed by atoms with Crippen LogP contribution in [0.1, 0.15) is 67.7 Å². The van der Waals surface area contributed by atoms with Gasteiger partial charge in [0.1, 0.15) is 23.1 Å². The van der Waals surface area contributed by atoms with Gasteiger partial charge in [-0.25, -0.2) is 14.8 Å². The standard InChI is InChI=1S/C29H34N4O4/c1-29(2)18-33(20-11-15-23(16-12-20)37-22-7-5-4-6-8-22)27-24(29)25(31-26(32-27)28(34)35)30-17-19-9-13-21(36-3)14-10-19/h9-16,22H,4-8,17-18H2,1-3H3,(H,34,35)(H,30,31,32). The van der Waals surface area contributed by atoms with Crippen LogP contribution < -0.4 is 19.7 Å². The molecule has 1 aromatic heterocycles. The molecule has 0 saturated heterocycles. The zero-order valence-corrected chi connectivity index (χ0v) is 21.7. The summed E-state index contributed by atoms with van der Waals surface area (Å²) >= 11 is 0. The first-order valence-electron chi connectivity index (χ1n) is 12.9. The molecule has 2 aliphatic rings. The minimum atomic E-state index is -1.16. The Morgan fingerprint density at radius 1 is 1.03 bits per heavy atom. The van der Waals surface area contributed by atoms with Crippen molar-refractivity contribution in [2.75, 3.05) is 23.9 Å². The molecule has 37 heavy (non-hydrogen) atoms. The van der Waals surface area contributed by atoms with E-state index in [4.69, 9.17) is 9.47 Å². The fourth-order valence-electron chi connectivity index (χ4n) is 5.26. The Labute approximate surface area is 217 Å². The van der Waals surface area contributed by atoms with Gasteiger partial charge in [-0.2, -0.15) is 0 Å². The summed E-state index contributed by atoms with van der Waals surface area (Å²) in [6.07, 6.45) is 6.25. The van der Waals surface area contributed by atoms with Gasteiger partial charge in [-0.15, -0.1) is 0 Å². The highest BCUT2D eigenvalue weighted by molar-refractivity contribution is 5.86. The van der Waals surface area contributed by atoms with E-state index in [0.717, 1.165) is 41.2 Å². The molecular formula is C29H34N4O4. The highest BCUT2D eigenvalue weighted by atomic mass is 16.5. The maximum atomic E-state index is 11.9. The van der Waals surface area contributed by atoms with Crippen LogP contribution in [-0.4, -0.2) is 40.8 Å². The van der Waals surface area contributed by atoms with Crippen molar-refractivity contribution in [1.29, 1.82) is 0 Å². The third-order valence-electron chi connectivity index (χ3n) is 7.19. The van der Waals surface area contributed by atoms with Crippen LogP contribution in [0.4, 0.5) is 17.3 Å². The van der Waals surface area contributed by atoms with E-state index in [-0.39, 0.29) is 17.3 Å². The molecule has 194 valence electrons. The van der Waals surface area contributed by atoms with Crippen LogP contribution in [0.3, 0.4) is 0 Å². The molecule has 1 aliphatic heterocycles. The summed E-state index contributed by atoms with van der Waals surface area (Å²) in [5.41, 5.74) is 2.59. The molecule has 3 aromatic rings. The summed E-state index contributed by atoms with van der Waals surface area (Å²) in [6.45, 7) is 5.42. The zero-order valence-electron chi connectivity index (χ0n) is 21.7. The van der Waals surface area contributed by atoms with Crippen molar-refractivity contribution in [3.63, 3.8) is 0 Å². The lowest BCUT2D eigenvalue weighted by molar-refractivity contribution is 0.0683. The van der Waals surface area contributed by atoms with Crippen LogP contribution in [0.2, 0.25) is 0 Å². The molecule has 1 saturated carbocycles. The number of nitrogens with one attached hydrogen (secondary N) is 1. The van der Waals surface area contributed by atoms with Crippen molar-refractivity contribution in [3.8, 4) is 11.5 Å². The molecule has 0 amide bonds. The molecule has 0 spiro atoms. The molecule has 2 N–H and O–H groups in total. The summed E-state index contributed by atoms with van der Waals surface area (Å²) in [5.74, 6) is 1.43. The van der Waals surface area contributed by atoms with E-state index in [1.165, 1.54) is 19.3 Å². The lowest BCUT2D eigenvalue weighted by Crippen LogP contribution is -2.25. The lowest BCUT2D eigenvalue weighted by Gasteiger charge is -2.24. The van der Waals surface area contributed by atoms with E-state index in [1.54, 1.807) is 7.11 Å². The molecule has 1 fully saturated rings. The number of hydrogen-bond acceptors (Lipinski definition) is 7. The minimum absolute atomic E-state index is 0.226. The second-order valence-electron chi connectivity index (χ2n) is 10.4. The van der Waals surface area contributed by atoms with E-state index in [1.807, 2.05) is 48.5 Å². The molecule has 0 radical (unpaired) electrons. The Kier molecular flexibility index (Phi) is 6.91. The van der Waals surface area contributed by atoms with Crippen LogP contribution >= 0.6 is 0 Å². The third kappa shape index (κ3) is 5.33. The van der Waals surface area contributed by atoms with Gasteiger partial charge in [0.25, 0.3) is 0 Å². The number of benzene rings is 2. The number of aromatic carboxylic acids is 1. The largest absolute Gasteiger partial charge is 0.497 e. The molecule has 8 heteroatoms. The van der Waals surface area contributed by atoms with Crippen LogP contribution in [0.5, 0.6) is 11.5 Å². The van der Waals surface area contributed by atoms with Gasteiger partial charge in [0.05, 0.1) is 13.2 Å². The second-order valence-corrected chi connectivity index (χ2v) is 10.4. The fraction of sp³-hybridized carbons (Fsp3) is 0.414. The Morgan fingerprint density at radius 2 is 1.70 bits per heavy atom. The maximum Gasteiger partial charge on any atom is 0.374 e.